The zero-order valence-electron chi connectivity index (χ0n) is 14.5. The molecule has 1 aliphatic heterocycles. The van der Waals surface area contributed by atoms with Gasteiger partial charge >= 0.3 is 0 Å². The Morgan fingerprint density at radius 2 is 2.12 bits per heavy atom. The molecule has 1 aliphatic rings. The predicted molar refractivity (Wildman–Crippen MR) is 101 cm³/mol. The van der Waals surface area contributed by atoms with Crippen LogP contribution in [0.5, 0.6) is 0 Å². The summed E-state index contributed by atoms with van der Waals surface area (Å²) in [6.07, 6.45) is 7.01. The summed E-state index contributed by atoms with van der Waals surface area (Å²) in [5.41, 5.74) is 5.48. The molecule has 2 N–H and O–H groups in total. The fourth-order valence-corrected chi connectivity index (χ4v) is 3.00. The van der Waals surface area contributed by atoms with Crippen LogP contribution in [0.1, 0.15) is 37.3 Å². The summed E-state index contributed by atoms with van der Waals surface area (Å²) >= 11 is 0. The first-order valence-corrected chi connectivity index (χ1v) is 8.68. The highest BCUT2D eigenvalue weighted by Crippen LogP contribution is 2.25. The molecule has 0 spiro atoms. The van der Waals surface area contributed by atoms with Crippen molar-refractivity contribution in [2.75, 3.05) is 18.5 Å². The maximum absolute atomic E-state index is 5.39. The van der Waals surface area contributed by atoms with E-state index in [9.17, 15) is 0 Å². The first-order chi connectivity index (χ1) is 12.2. The molecule has 0 atom stereocenters. The first-order valence-electron chi connectivity index (χ1n) is 8.68. The maximum atomic E-state index is 5.39. The number of hydrogen-bond acceptors (Lipinski definition) is 4. The molecule has 0 unspecified atom stereocenters. The average molecular weight is 334 g/mol. The largest absolute Gasteiger partial charge is 0.377 e. The molecule has 128 valence electrons. The summed E-state index contributed by atoms with van der Waals surface area (Å²) in [6, 6.07) is 8.19. The zero-order chi connectivity index (χ0) is 17.2. The SMILES string of the molecule is CC(C)c1c[nH]c(Nc2ccc3ncc(C4=CCOCC4)cc3n2)c1. The van der Waals surface area contributed by atoms with Crippen LogP contribution in [0.2, 0.25) is 0 Å². The standard InChI is InChI=1S/C20H22N4O/c1-13(2)15-10-20(22-11-15)24-19-4-3-17-18(23-19)9-16(12-21-17)14-5-7-25-8-6-14/h3-5,9-13,22H,6-8H2,1-2H3,(H,23,24). The lowest BCUT2D eigenvalue weighted by molar-refractivity contribution is 0.161. The van der Waals surface area contributed by atoms with Crippen LogP contribution >= 0.6 is 0 Å². The van der Waals surface area contributed by atoms with Crippen LogP contribution in [0.25, 0.3) is 16.6 Å². The molecular formula is C20H22N4O. The molecule has 0 aliphatic carbocycles. The number of anilines is 2. The summed E-state index contributed by atoms with van der Waals surface area (Å²) in [4.78, 5) is 12.5. The van der Waals surface area contributed by atoms with E-state index in [0.29, 0.717) is 12.5 Å². The van der Waals surface area contributed by atoms with Crippen molar-refractivity contribution in [3.8, 4) is 0 Å². The van der Waals surface area contributed by atoms with Crippen molar-refractivity contribution in [3.05, 3.63) is 53.9 Å². The van der Waals surface area contributed by atoms with Crippen molar-refractivity contribution < 1.29 is 4.74 Å². The molecule has 4 rings (SSSR count). The summed E-state index contributed by atoms with van der Waals surface area (Å²) in [5, 5.41) is 3.34. The van der Waals surface area contributed by atoms with Gasteiger partial charge in [0.05, 0.1) is 24.2 Å². The smallest absolute Gasteiger partial charge is 0.132 e. The van der Waals surface area contributed by atoms with Crippen molar-refractivity contribution in [2.24, 2.45) is 0 Å². The topological polar surface area (TPSA) is 62.8 Å². The van der Waals surface area contributed by atoms with Gasteiger partial charge in [-0.05, 0) is 53.3 Å². The van der Waals surface area contributed by atoms with Crippen LogP contribution in [0.4, 0.5) is 11.6 Å². The Morgan fingerprint density at radius 3 is 2.88 bits per heavy atom. The van der Waals surface area contributed by atoms with E-state index in [-0.39, 0.29) is 0 Å². The van der Waals surface area contributed by atoms with Crippen LogP contribution in [0.3, 0.4) is 0 Å². The van der Waals surface area contributed by atoms with Crippen LogP contribution in [-0.2, 0) is 4.74 Å². The van der Waals surface area contributed by atoms with Crippen molar-refractivity contribution in [3.63, 3.8) is 0 Å². The number of fused-ring (bicyclic) bond motifs is 1. The second-order valence-corrected chi connectivity index (χ2v) is 6.64. The van der Waals surface area contributed by atoms with E-state index < -0.39 is 0 Å². The van der Waals surface area contributed by atoms with E-state index in [1.165, 1.54) is 11.1 Å². The van der Waals surface area contributed by atoms with Gasteiger partial charge in [0.25, 0.3) is 0 Å². The van der Waals surface area contributed by atoms with E-state index in [2.05, 4.69) is 47.3 Å². The number of aromatic nitrogens is 3. The van der Waals surface area contributed by atoms with Crippen molar-refractivity contribution in [1.29, 1.82) is 0 Å². The Bertz CT molecular complexity index is 926. The Hall–Kier alpha value is -2.66. The van der Waals surface area contributed by atoms with Crippen molar-refractivity contribution in [1.82, 2.24) is 15.0 Å². The Labute approximate surface area is 147 Å². The quantitative estimate of drug-likeness (QED) is 0.730. The highest BCUT2D eigenvalue weighted by Gasteiger charge is 2.09. The first kappa shape index (κ1) is 15.8. The number of pyridine rings is 2. The van der Waals surface area contributed by atoms with Gasteiger partial charge < -0.3 is 15.0 Å². The second kappa shape index (κ2) is 6.69. The molecule has 5 heteroatoms. The lowest BCUT2D eigenvalue weighted by atomic mass is 10.0. The lowest BCUT2D eigenvalue weighted by Gasteiger charge is -2.13. The van der Waals surface area contributed by atoms with Gasteiger partial charge in [0.2, 0.25) is 0 Å². The molecule has 0 bridgehead atoms. The molecule has 0 saturated heterocycles. The molecule has 5 nitrogen and oxygen atoms in total. The fraction of sp³-hybridized carbons (Fsp3) is 0.300. The predicted octanol–water partition coefficient (Wildman–Crippen LogP) is 4.63. The van der Waals surface area contributed by atoms with Gasteiger partial charge in [-0.1, -0.05) is 19.9 Å². The maximum Gasteiger partial charge on any atom is 0.132 e. The average Bonchev–Trinajstić information content (AvgIpc) is 3.11. The van der Waals surface area contributed by atoms with Gasteiger partial charge in [-0.2, -0.15) is 0 Å². The second-order valence-electron chi connectivity index (χ2n) is 6.64. The zero-order valence-corrected chi connectivity index (χ0v) is 14.5. The summed E-state index contributed by atoms with van der Waals surface area (Å²) in [6.45, 7) is 5.80. The number of ether oxygens (including phenoxy) is 1. The molecule has 0 fully saturated rings. The third kappa shape index (κ3) is 3.42. The molecular weight excluding hydrogens is 312 g/mol. The molecule has 3 aromatic rings. The lowest BCUT2D eigenvalue weighted by Crippen LogP contribution is -2.04. The van der Waals surface area contributed by atoms with Gasteiger partial charge in [0.15, 0.2) is 0 Å². The summed E-state index contributed by atoms with van der Waals surface area (Å²) in [7, 11) is 0. The van der Waals surface area contributed by atoms with Crippen LogP contribution in [-0.4, -0.2) is 28.2 Å². The highest BCUT2D eigenvalue weighted by atomic mass is 16.5. The van der Waals surface area contributed by atoms with E-state index >= 15 is 0 Å². The van der Waals surface area contributed by atoms with E-state index in [1.54, 1.807) is 0 Å². The number of nitrogens with zero attached hydrogens (tertiary/aromatic N) is 2. The number of H-pyrrole nitrogens is 1. The molecule has 3 aromatic heterocycles. The Kier molecular flexibility index (Phi) is 4.24. The van der Waals surface area contributed by atoms with Gasteiger partial charge in [-0.15, -0.1) is 0 Å². The normalized spacial score (nSPS) is 14.8. The molecule has 0 amide bonds. The van der Waals surface area contributed by atoms with Crippen LogP contribution in [0.15, 0.2) is 42.7 Å². The molecule has 0 radical (unpaired) electrons. The van der Waals surface area contributed by atoms with Crippen molar-refractivity contribution >= 4 is 28.2 Å². The fourth-order valence-electron chi connectivity index (χ4n) is 3.00. The number of nitrogens with one attached hydrogen (secondary N) is 2. The number of aromatic amines is 1. The highest BCUT2D eigenvalue weighted by molar-refractivity contribution is 5.81. The minimum absolute atomic E-state index is 0.496. The number of hydrogen-bond donors (Lipinski definition) is 2. The van der Waals surface area contributed by atoms with Crippen LogP contribution < -0.4 is 5.32 Å². The van der Waals surface area contributed by atoms with Gasteiger partial charge in [-0.25, -0.2) is 4.98 Å². The molecule has 25 heavy (non-hydrogen) atoms. The third-order valence-corrected chi connectivity index (χ3v) is 4.51. The van der Waals surface area contributed by atoms with Crippen molar-refractivity contribution in [2.45, 2.75) is 26.2 Å². The minimum Gasteiger partial charge on any atom is -0.377 e. The third-order valence-electron chi connectivity index (χ3n) is 4.51. The monoisotopic (exact) mass is 334 g/mol. The van der Waals surface area contributed by atoms with Gasteiger partial charge in [0.1, 0.15) is 11.6 Å². The molecule has 4 heterocycles. The van der Waals surface area contributed by atoms with E-state index in [4.69, 9.17) is 9.72 Å². The summed E-state index contributed by atoms with van der Waals surface area (Å²) < 4.78 is 5.39. The van der Waals surface area contributed by atoms with E-state index in [0.717, 1.165) is 41.3 Å². The Balaban J connectivity index is 1.62. The van der Waals surface area contributed by atoms with Gasteiger partial charge in [0, 0.05) is 12.4 Å². The van der Waals surface area contributed by atoms with Gasteiger partial charge in [-0.3, -0.25) is 4.98 Å². The molecule has 0 saturated carbocycles. The summed E-state index contributed by atoms with van der Waals surface area (Å²) in [5.74, 6) is 2.26. The Morgan fingerprint density at radius 1 is 1.20 bits per heavy atom. The minimum atomic E-state index is 0.496. The molecule has 0 aromatic carbocycles. The number of rotatable bonds is 4. The van der Waals surface area contributed by atoms with E-state index in [1.807, 2.05) is 24.5 Å². The van der Waals surface area contributed by atoms with Crippen LogP contribution in [0, 0.1) is 0 Å².